The van der Waals surface area contributed by atoms with Gasteiger partial charge in [-0.2, -0.15) is 0 Å². The molecule has 0 spiro atoms. The number of rotatable bonds is 11. The smallest absolute Gasteiger partial charge is 0.257 e. The van der Waals surface area contributed by atoms with Gasteiger partial charge in [0.1, 0.15) is 0 Å². The van der Waals surface area contributed by atoms with E-state index in [4.69, 9.17) is 35.9 Å². The molecule has 2 rings (SSSR count). The van der Waals surface area contributed by atoms with Crippen molar-refractivity contribution in [3.63, 3.8) is 0 Å². The maximum atomic E-state index is 12.7. The summed E-state index contributed by atoms with van der Waals surface area (Å²) < 4.78 is 27.1. The van der Waals surface area contributed by atoms with Gasteiger partial charge in [0, 0.05) is 12.1 Å². The van der Waals surface area contributed by atoms with Crippen LogP contribution in [0.1, 0.15) is 36.2 Å². The summed E-state index contributed by atoms with van der Waals surface area (Å²) in [5.41, 5.74) is 1.24. The Morgan fingerprint density at radius 3 is 2.09 bits per heavy atom. The number of thiocarbonyl (C=S) groups is 1. The molecule has 33 heavy (non-hydrogen) atoms. The van der Waals surface area contributed by atoms with Gasteiger partial charge in [0.2, 0.25) is 5.75 Å². The van der Waals surface area contributed by atoms with Crippen molar-refractivity contribution in [1.29, 1.82) is 0 Å². The van der Waals surface area contributed by atoms with Crippen molar-refractivity contribution in [1.82, 2.24) is 10.6 Å². The van der Waals surface area contributed by atoms with E-state index in [2.05, 4.69) is 24.5 Å². The molecule has 180 valence electrons. The summed E-state index contributed by atoms with van der Waals surface area (Å²) in [5.74, 6) is 2.66. The first-order chi connectivity index (χ1) is 15.8. The summed E-state index contributed by atoms with van der Waals surface area (Å²) in [7, 11) is 6.07. The van der Waals surface area contributed by atoms with E-state index in [1.165, 1.54) is 21.3 Å². The number of benzene rings is 2. The molecule has 0 saturated carbocycles. The van der Waals surface area contributed by atoms with E-state index in [1.54, 1.807) is 19.2 Å². The zero-order chi connectivity index (χ0) is 24.4. The van der Waals surface area contributed by atoms with E-state index in [0.717, 1.165) is 12.0 Å². The van der Waals surface area contributed by atoms with Gasteiger partial charge < -0.3 is 29.0 Å². The lowest BCUT2D eigenvalue weighted by Gasteiger charge is -2.15. The lowest BCUT2D eigenvalue weighted by atomic mass is 10.1. The van der Waals surface area contributed by atoms with E-state index in [9.17, 15) is 4.79 Å². The number of carbonyl (C=O) groups is 1. The predicted molar refractivity (Wildman–Crippen MR) is 131 cm³/mol. The van der Waals surface area contributed by atoms with Crippen molar-refractivity contribution >= 4 is 23.2 Å². The Morgan fingerprint density at radius 2 is 1.55 bits per heavy atom. The molecular formula is C24H32N2O6S. The topological polar surface area (TPSA) is 87.3 Å². The number of ether oxygens (including phenoxy) is 5. The minimum atomic E-state index is -0.404. The highest BCUT2D eigenvalue weighted by atomic mass is 32.1. The lowest BCUT2D eigenvalue weighted by Crippen LogP contribution is -2.38. The molecule has 0 unspecified atom stereocenters. The van der Waals surface area contributed by atoms with Gasteiger partial charge in [-0.15, -0.1) is 0 Å². The van der Waals surface area contributed by atoms with Crippen molar-refractivity contribution in [2.24, 2.45) is 5.92 Å². The molecule has 0 fully saturated rings. The van der Waals surface area contributed by atoms with Crippen molar-refractivity contribution < 1.29 is 28.5 Å². The monoisotopic (exact) mass is 476 g/mol. The number of hydrogen-bond acceptors (Lipinski definition) is 7. The summed E-state index contributed by atoms with van der Waals surface area (Å²) in [4.78, 5) is 12.7. The Labute approximate surface area is 200 Å². The molecular weight excluding hydrogens is 444 g/mol. The molecule has 0 heterocycles. The van der Waals surface area contributed by atoms with Gasteiger partial charge in [0.05, 0.1) is 35.0 Å². The van der Waals surface area contributed by atoms with Crippen LogP contribution in [0, 0.1) is 5.92 Å². The summed E-state index contributed by atoms with van der Waals surface area (Å²) in [6.45, 7) is 5.33. The highest BCUT2D eigenvalue weighted by Crippen LogP contribution is 2.38. The molecule has 0 aromatic heterocycles. The first-order valence-electron chi connectivity index (χ1n) is 10.5. The average Bonchev–Trinajstić information content (AvgIpc) is 2.81. The lowest BCUT2D eigenvalue weighted by molar-refractivity contribution is 0.0976. The highest BCUT2D eigenvalue weighted by Gasteiger charge is 2.17. The second-order valence-electron chi connectivity index (χ2n) is 7.57. The van der Waals surface area contributed by atoms with Crippen LogP contribution in [-0.4, -0.2) is 46.1 Å². The maximum absolute atomic E-state index is 12.7. The fourth-order valence-corrected chi connectivity index (χ4v) is 3.12. The maximum Gasteiger partial charge on any atom is 0.257 e. The Hall–Kier alpha value is -3.20. The zero-order valence-electron chi connectivity index (χ0n) is 19.9. The minimum absolute atomic E-state index is 0.185. The van der Waals surface area contributed by atoms with Gasteiger partial charge in [0.25, 0.3) is 5.91 Å². The first-order valence-corrected chi connectivity index (χ1v) is 10.9. The predicted octanol–water partition coefficient (Wildman–Crippen LogP) is 3.95. The second-order valence-corrected chi connectivity index (χ2v) is 7.98. The molecule has 0 aliphatic carbocycles. The number of nitrogens with one attached hydrogen (secondary N) is 2. The minimum Gasteiger partial charge on any atom is -0.493 e. The molecule has 0 radical (unpaired) electrons. The molecule has 2 N–H and O–H groups in total. The first kappa shape index (κ1) is 26.1. The molecule has 2 aromatic rings. The third-order valence-corrected chi connectivity index (χ3v) is 5.03. The Kier molecular flexibility index (Phi) is 10.1. The Balaban J connectivity index is 1.99. The Morgan fingerprint density at radius 1 is 0.909 bits per heavy atom. The fraction of sp³-hybridized carbons (Fsp3) is 0.417. The van der Waals surface area contributed by atoms with Gasteiger partial charge in [-0.05, 0) is 54.4 Å². The van der Waals surface area contributed by atoms with Crippen molar-refractivity contribution in [3.8, 4) is 28.7 Å². The standard InChI is InChI=1S/C24H32N2O6S/c1-15(2)9-10-32-18-8-7-16(11-19(18)28-3)14-25-24(33)26-23(27)17-12-20(29-4)22(31-6)21(13-17)30-5/h7-8,11-13,15H,9-10,14H2,1-6H3,(H2,25,26,27,33). The van der Waals surface area contributed by atoms with Crippen molar-refractivity contribution in [2.45, 2.75) is 26.8 Å². The number of amides is 1. The van der Waals surface area contributed by atoms with E-state index in [-0.39, 0.29) is 5.11 Å². The molecule has 0 bridgehead atoms. The normalized spacial score (nSPS) is 10.4. The Bertz CT molecular complexity index is 939. The second kappa shape index (κ2) is 12.7. The molecule has 0 aliphatic rings. The molecule has 0 saturated heterocycles. The van der Waals surface area contributed by atoms with Crippen LogP contribution in [0.5, 0.6) is 28.7 Å². The third kappa shape index (κ3) is 7.42. The number of carbonyl (C=O) groups excluding carboxylic acids is 1. The van der Waals surface area contributed by atoms with Crippen LogP contribution in [0.2, 0.25) is 0 Å². The summed E-state index contributed by atoms with van der Waals surface area (Å²) in [6, 6.07) is 8.78. The molecule has 0 atom stereocenters. The number of hydrogen-bond donors (Lipinski definition) is 2. The van der Waals surface area contributed by atoms with Crippen LogP contribution in [-0.2, 0) is 6.54 Å². The summed E-state index contributed by atoms with van der Waals surface area (Å²) in [5, 5.41) is 5.87. The van der Waals surface area contributed by atoms with Crippen molar-refractivity contribution in [2.75, 3.05) is 35.0 Å². The molecule has 1 amide bonds. The van der Waals surface area contributed by atoms with Crippen LogP contribution in [0.25, 0.3) is 0 Å². The van der Waals surface area contributed by atoms with Gasteiger partial charge in [-0.25, -0.2) is 0 Å². The third-order valence-electron chi connectivity index (χ3n) is 4.79. The summed E-state index contributed by atoms with van der Waals surface area (Å²) >= 11 is 5.28. The van der Waals surface area contributed by atoms with E-state index in [0.29, 0.717) is 53.4 Å². The van der Waals surface area contributed by atoms with Crippen LogP contribution < -0.4 is 34.3 Å². The van der Waals surface area contributed by atoms with E-state index in [1.807, 2.05) is 18.2 Å². The molecule has 2 aromatic carbocycles. The van der Waals surface area contributed by atoms with Gasteiger partial charge >= 0.3 is 0 Å². The van der Waals surface area contributed by atoms with Crippen LogP contribution in [0.3, 0.4) is 0 Å². The molecule has 8 nitrogen and oxygen atoms in total. The largest absolute Gasteiger partial charge is 0.493 e. The quantitative estimate of drug-likeness (QED) is 0.472. The molecule has 0 aliphatic heterocycles. The van der Waals surface area contributed by atoms with Crippen LogP contribution >= 0.6 is 12.2 Å². The van der Waals surface area contributed by atoms with Crippen LogP contribution in [0.4, 0.5) is 0 Å². The fourth-order valence-electron chi connectivity index (χ4n) is 2.96. The molecule has 9 heteroatoms. The van der Waals surface area contributed by atoms with Gasteiger partial charge in [0.15, 0.2) is 28.1 Å². The van der Waals surface area contributed by atoms with Gasteiger partial charge in [-0.1, -0.05) is 19.9 Å². The van der Waals surface area contributed by atoms with Crippen LogP contribution in [0.15, 0.2) is 30.3 Å². The van der Waals surface area contributed by atoms with E-state index < -0.39 is 5.91 Å². The zero-order valence-corrected chi connectivity index (χ0v) is 20.8. The number of methoxy groups -OCH3 is 4. The van der Waals surface area contributed by atoms with Crippen molar-refractivity contribution in [3.05, 3.63) is 41.5 Å². The summed E-state index contributed by atoms with van der Waals surface area (Å²) in [6.07, 6.45) is 0.965. The SMILES string of the molecule is COc1cc(CNC(=S)NC(=O)c2cc(OC)c(OC)c(OC)c2)ccc1OCCC(C)C. The van der Waals surface area contributed by atoms with Gasteiger partial charge in [-0.3, -0.25) is 10.1 Å². The van der Waals surface area contributed by atoms with E-state index >= 15 is 0 Å². The average molecular weight is 477 g/mol. The highest BCUT2D eigenvalue weighted by molar-refractivity contribution is 7.80.